The Bertz CT molecular complexity index is 624. The molecule has 0 aromatic carbocycles. The number of rotatable bonds is 3. The molecule has 0 aromatic heterocycles. The zero-order valence-corrected chi connectivity index (χ0v) is 19.2. The average molecular weight is 421 g/mol. The van der Waals surface area contributed by atoms with Crippen LogP contribution in [0.5, 0.6) is 0 Å². The van der Waals surface area contributed by atoms with Crippen molar-refractivity contribution < 1.29 is 15.3 Å². The van der Waals surface area contributed by atoms with Crippen molar-refractivity contribution in [3.8, 4) is 0 Å². The van der Waals surface area contributed by atoms with E-state index in [0.29, 0.717) is 23.3 Å². The maximum atomic E-state index is 11.1. The largest absolute Gasteiger partial charge is 0.395 e. The Hall–Kier alpha value is -0.200. The van der Waals surface area contributed by atoms with E-state index in [-0.39, 0.29) is 24.2 Å². The summed E-state index contributed by atoms with van der Waals surface area (Å²) in [7, 11) is 0. The number of hydrogen-bond acceptors (Lipinski definition) is 5. The highest BCUT2D eigenvalue weighted by molar-refractivity contribution is 5.11. The first-order valence-corrected chi connectivity index (χ1v) is 12.8. The highest BCUT2D eigenvalue weighted by Gasteiger charge is 2.61. The molecule has 5 heteroatoms. The first kappa shape index (κ1) is 21.6. The molecule has 9 atom stereocenters. The van der Waals surface area contributed by atoms with E-state index in [2.05, 4.69) is 23.6 Å². The van der Waals surface area contributed by atoms with Crippen molar-refractivity contribution in [1.29, 1.82) is 0 Å². The van der Waals surface area contributed by atoms with Gasteiger partial charge in [-0.15, -0.1) is 0 Å². The summed E-state index contributed by atoms with van der Waals surface area (Å²) in [4.78, 5) is 4.91. The van der Waals surface area contributed by atoms with E-state index in [9.17, 15) is 15.3 Å². The molecule has 1 aliphatic heterocycles. The number of nitrogens with zero attached hydrogens (tertiary/aromatic N) is 2. The monoisotopic (exact) mass is 420 g/mol. The fraction of sp³-hybridized carbons (Fsp3) is 1.00. The molecular weight excluding hydrogens is 376 g/mol. The molecule has 1 saturated heterocycles. The Morgan fingerprint density at radius 1 is 0.867 bits per heavy atom. The predicted octanol–water partition coefficient (Wildman–Crippen LogP) is 2.34. The first-order valence-electron chi connectivity index (χ1n) is 12.8. The van der Waals surface area contributed by atoms with E-state index >= 15 is 0 Å². The van der Waals surface area contributed by atoms with Gasteiger partial charge in [0, 0.05) is 38.8 Å². The highest BCUT2D eigenvalue weighted by atomic mass is 16.3. The third kappa shape index (κ3) is 3.30. The minimum absolute atomic E-state index is 0.0925. The van der Waals surface area contributed by atoms with Crippen molar-refractivity contribution in [2.45, 2.75) is 83.5 Å². The molecule has 30 heavy (non-hydrogen) atoms. The Morgan fingerprint density at radius 2 is 1.60 bits per heavy atom. The molecule has 0 amide bonds. The smallest absolute Gasteiger partial charge is 0.0698 e. The van der Waals surface area contributed by atoms with Crippen LogP contribution in [0, 0.1) is 34.5 Å². The zero-order valence-electron chi connectivity index (χ0n) is 19.2. The summed E-state index contributed by atoms with van der Waals surface area (Å²) in [6, 6.07) is 0.295. The second-order valence-electron chi connectivity index (χ2n) is 12.0. The second-order valence-corrected chi connectivity index (χ2v) is 12.0. The number of aliphatic hydroxyl groups is 3. The van der Waals surface area contributed by atoms with Crippen LogP contribution in [0.1, 0.15) is 65.2 Å². The maximum Gasteiger partial charge on any atom is 0.0698 e. The number of β-amino-alcohol motifs (C(OH)–C–C–N with tert-alkyl or cyclic N) is 1. The van der Waals surface area contributed by atoms with Gasteiger partial charge < -0.3 is 15.3 Å². The van der Waals surface area contributed by atoms with Gasteiger partial charge >= 0.3 is 0 Å². The molecule has 0 aromatic rings. The zero-order chi connectivity index (χ0) is 21.1. The Kier molecular flexibility index (Phi) is 5.76. The highest BCUT2D eigenvalue weighted by Crippen LogP contribution is 2.66. The lowest BCUT2D eigenvalue weighted by atomic mass is 9.44. The molecule has 1 heterocycles. The lowest BCUT2D eigenvalue weighted by Gasteiger charge is -2.62. The second kappa shape index (κ2) is 7.98. The van der Waals surface area contributed by atoms with Gasteiger partial charge in [-0.25, -0.2) is 0 Å². The van der Waals surface area contributed by atoms with E-state index in [4.69, 9.17) is 0 Å². The van der Waals surface area contributed by atoms with Crippen molar-refractivity contribution in [1.82, 2.24) is 9.80 Å². The van der Waals surface area contributed by atoms with Gasteiger partial charge in [0.25, 0.3) is 0 Å². The van der Waals surface area contributed by atoms with Gasteiger partial charge in [0.2, 0.25) is 0 Å². The van der Waals surface area contributed by atoms with E-state index < -0.39 is 0 Å². The van der Waals surface area contributed by atoms with E-state index in [0.717, 1.165) is 63.8 Å². The molecule has 5 rings (SSSR count). The van der Waals surface area contributed by atoms with Crippen molar-refractivity contribution in [2.24, 2.45) is 34.5 Å². The fourth-order valence-electron chi connectivity index (χ4n) is 9.08. The normalized spacial score (nSPS) is 52.5. The van der Waals surface area contributed by atoms with Gasteiger partial charge in [-0.05, 0) is 85.9 Å². The number of aliphatic hydroxyl groups excluding tert-OH is 3. The Labute approximate surface area is 182 Å². The summed E-state index contributed by atoms with van der Waals surface area (Å²) in [5.41, 5.74) is 0.491. The van der Waals surface area contributed by atoms with Gasteiger partial charge in [-0.1, -0.05) is 13.8 Å². The number of hydrogen-bond donors (Lipinski definition) is 3. The van der Waals surface area contributed by atoms with Crippen LogP contribution in [0.3, 0.4) is 0 Å². The Balaban J connectivity index is 1.33. The molecular formula is C25H44N2O3. The predicted molar refractivity (Wildman–Crippen MR) is 118 cm³/mol. The number of piperazine rings is 1. The van der Waals surface area contributed by atoms with Crippen LogP contribution in [0.25, 0.3) is 0 Å². The summed E-state index contributed by atoms with van der Waals surface area (Å²) < 4.78 is 0. The van der Waals surface area contributed by atoms with Gasteiger partial charge in [0.05, 0.1) is 18.8 Å². The van der Waals surface area contributed by atoms with Gasteiger partial charge in [0.15, 0.2) is 0 Å². The Morgan fingerprint density at radius 3 is 2.33 bits per heavy atom. The number of fused-ring (bicyclic) bond motifs is 5. The van der Waals surface area contributed by atoms with E-state index in [1.807, 2.05) is 0 Å². The summed E-state index contributed by atoms with van der Waals surface area (Å²) in [6.45, 7) is 10.0. The van der Waals surface area contributed by atoms with Crippen molar-refractivity contribution >= 4 is 0 Å². The lowest BCUT2D eigenvalue weighted by molar-refractivity contribution is -0.155. The van der Waals surface area contributed by atoms with Crippen molar-refractivity contribution in [3.63, 3.8) is 0 Å². The third-order valence-corrected chi connectivity index (χ3v) is 10.9. The molecule has 4 saturated carbocycles. The summed E-state index contributed by atoms with van der Waals surface area (Å²) in [5, 5.41) is 31.1. The van der Waals surface area contributed by atoms with Crippen LogP contribution in [0.4, 0.5) is 0 Å². The minimum atomic E-state index is -0.189. The van der Waals surface area contributed by atoms with E-state index in [1.54, 1.807) is 0 Å². The SMILES string of the molecule is C[C@]12C[C@H](N3CCN(CCO)CC3)[C@@H](O)C[C@@H]1CC[C@@H]1[C@@H]2CC[C@]2(C)[C@@H](O)CC[C@@H]12. The summed E-state index contributed by atoms with van der Waals surface area (Å²) in [5.74, 6) is 2.91. The molecule has 0 bridgehead atoms. The molecule has 3 N–H and O–H groups in total. The van der Waals surface area contributed by atoms with Crippen molar-refractivity contribution in [3.05, 3.63) is 0 Å². The van der Waals surface area contributed by atoms with Gasteiger partial charge in [-0.2, -0.15) is 0 Å². The van der Waals surface area contributed by atoms with Crippen LogP contribution >= 0.6 is 0 Å². The third-order valence-electron chi connectivity index (χ3n) is 10.9. The van der Waals surface area contributed by atoms with Crippen LogP contribution in [-0.2, 0) is 0 Å². The molecule has 5 fully saturated rings. The maximum absolute atomic E-state index is 11.1. The summed E-state index contributed by atoms with van der Waals surface area (Å²) >= 11 is 0. The lowest BCUT2D eigenvalue weighted by Crippen LogP contribution is -2.62. The van der Waals surface area contributed by atoms with Gasteiger partial charge in [-0.3, -0.25) is 9.80 Å². The van der Waals surface area contributed by atoms with Crippen LogP contribution in [0.2, 0.25) is 0 Å². The standard InChI is InChI=1S/C25H44N2O3/c1-24-8-7-20-18(19(24)5-6-23(24)30)4-3-17-15-22(29)21(16-25(17,20)2)27-11-9-26(10-12-27)13-14-28/h17-23,28-30H,3-16H2,1-2H3/t17-,18-,19-,20-,21-,22-,23-,24-,25-/m0/s1. The minimum Gasteiger partial charge on any atom is -0.395 e. The summed E-state index contributed by atoms with van der Waals surface area (Å²) in [6.07, 6.45) is 9.12. The topological polar surface area (TPSA) is 67.2 Å². The van der Waals surface area contributed by atoms with Crippen molar-refractivity contribution in [2.75, 3.05) is 39.3 Å². The molecule has 5 nitrogen and oxygen atoms in total. The molecule has 172 valence electrons. The fourth-order valence-corrected chi connectivity index (χ4v) is 9.08. The van der Waals surface area contributed by atoms with E-state index in [1.165, 1.54) is 32.1 Å². The van der Waals surface area contributed by atoms with Gasteiger partial charge in [0.1, 0.15) is 0 Å². The first-order chi connectivity index (χ1) is 14.4. The van der Waals surface area contributed by atoms with Crippen LogP contribution in [-0.4, -0.2) is 82.7 Å². The molecule has 4 aliphatic carbocycles. The van der Waals surface area contributed by atoms with Crippen LogP contribution in [0.15, 0.2) is 0 Å². The van der Waals surface area contributed by atoms with Crippen LogP contribution < -0.4 is 0 Å². The average Bonchev–Trinajstić information content (AvgIpc) is 3.04. The quantitative estimate of drug-likeness (QED) is 0.654. The molecule has 0 radical (unpaired) electrons. The molecule has 5 aliphatic rings. The molecule has 0 spiro atoms. The molecule has 0 unspecified atom stereocenters.